The second-order valence-electron chi connectivity index (χ2n) is 6.10. The van der Waals surface area contributed by atoms with Crippen molar-refractivity contribution in [3.05, 3.63) is 64.7 Å². The third-order valence-electron chi connectivity index (χ3n) is 4.48. The topological polar surface area (TPSA) is 76.0 Å². The minimum absolute atomic E-state index is 0.0898. The molecule has 0 saturated carbocycles. The molecule has 0 aliphatic carbocycles. The molecule has 0 radical (unpaired) electrons. The van der Waals surface area contributed by atoms with Crippen LogP contribution in [0.4, 0.5) is 5.69 Å². The maximum absolute atomic E-state index is 12.9. The zero-order valence-corrected chi connectivity index (χ0v) is 14.4. The van der Waals surface area contributed by atoms with Crippen molar-refractivity contribution in [2.75, 3.05) is 4.90 Å². The summed E-state index contributed by atoms with van der Waals surface area (Å²) in [5.41, 5.74) is 2.00. The summed E-state index contributed by atoms with van der Waals surface area (Å²) in [7, 11) is 0. The number of anilines is 1. The fourth-order valence-corrected chi connectivity index (χ4v) is 3.26. The van der Waals surface area contributed by atoms with Crippen molar-refractivity contribution in [1.29, 1.82) is 0 Å². The van der Waals surface area contributed by atoms with Crippen LogP contribution in [0, 0.1) is 5.92 Å². The highest BCUT2D eigenvalue weighted by molar-refractivity contribution is 6.33. The number of Topliss-reactive ketones (excluding diaryl/α,β-unsaturated/α-hetero) is 1. The summed E-state index contributed by atoms with van der Waals surface area (Å²) >= 11 is 5.90. The first-order valence-corrected chi connectivity index (χ1v) is 8.33. The van der Waals surface area contributed by atoms with Crippen molar-refractivity contribution in [3.8, 4) is 0 Å². The predicted molar refractivity (Wildman–Crippen MR) is 95.3 cm³/mol. The normalized spacial score (nSPS) is 21.5. The second-order valence-corrected chi connectivity index (χ2v) is 6.54. The Balaban J connectivity index is 1.66. The first-order chi connectivity index (χ1) is 12.5. The van der Waals surface area contributed by atoms with Crippen molar-refractivity contribution in [1.82, 2.24) is 0 Å². The van der Waals surface area contributed by atoms with Crippen molar-refractivity contribution in [2.24, 2.45) is 11.1 Å². The Bertz CT molecular complexity index is 951. The molecular weight excluding hydrogens is 356 g/mol. The number of fused-ring (bicyclic) bond motifs is 1. The first-order valence-electron chi connectivity index (χ1n) is 7.96. The Labute approximate surface area is 154 Å². The Hall–Kier alpha value is -2.99. The predicted octanol–water partition coefficient (Wildman–Crippen LogP) is 2.84. The molecule has 0 spiro atoms. The van der Waals surface area contributed by atoms with Gasteiger partial charge in [0.15, 0.2) is 5.78 Å². The lowest BCUT2D eigenvalue weighted by Crippen LogP contribution is -2.33. The van der Waals surface area contributed by atoms with Gasteiger partial charge in [-0.05, 0) is 43.3 Å². The van der Waals surface area contributed by atoms with E-state index in [1.807, 2.05) is 0 Å². The van der Waals surface area contributed by atoms with Crippen LogP contribution in [-0.2, 0) is 14.4 Å². The van der Waals surface area contributed by atoms with Crippen LogP contribution in [0.25, 0.3) is 0 Å². The van der Waals surface area contributed by atoms with E-state index in [0.717, 1.165) is 4.90 Å². The highest BCUT2D eigenvalue weighted by atomic mass is 35.5. The Morgan fingerprint density at radius 2 is 1.69 bits per heavy atom. The number of hydrogen-bond donors (Lipinski definition) is 0. The van der Waals surface area contributed by atoms with Crippen molar-refractivity contribution < 1.29 is 19.2 Å². The highest BCUT2D eigenvalue weighted by Crippen LogP contribution is 2.35. The van der Waals surface area contributed by atoms with Crippen LogP contribution in [0.1, 0.15) is 22.8 Å². The van der Waals surface area contributed by atoms with E-state index in [4.69, 9.17) is 16.4 Å². The van der Waals surface area contributed by atoms with Crippen LogP contribution in [0.5, 0.6) is 0 Å². The number of carbonyl (C=O) groups excluding carboxylic acids is 3. The summed E-state index contributed by atoms with van der Waals surface area (Å²) in [5, 5.41) is 4.51. The molecule has 0 aromatic heterocycles. The summed E-state index contributed by atoms with van der Waals surface area (Å²) in [6, 6.07) is 13.2. The van der Waals surface area contributed by atoms with E-state index >= 15 is 0 Å². The molecular formula is C19H13ClN2O4. The number of ketones is 1. The zero-order valence-electron chi connectivity index (χ0n) is 13.7. The molecule has 4 rings (SSSR count). The molecule has 2 aromatic carbocycles. The number of nitrogens with zero attached hydrogens (tertiary/aromatic N) is 2. The minimum Gasteiger partial charge on any atom is -0.381 e. The number of oxime groups is 1. The largest absolute Gasteiger partial charge is 0.381 e. The fourth-order valence-electron chi connectivity index (χ4n) is 3.14. The molecule has 7 heteroatoms. The maximum atomic E-state index is 12.9. The average Bonchev–Trinajstić information content (AvgIpc) is 3.17. The number of rotatable bonds is 3. The second kappa shape index (κ2) is 6.07. The van der Waals surface area contributed by atoms with Crippen LogP contribution in [0.2, 0.25) is 5.02 Å². The summed E-state index contributed by atoms with van der Waals surface area (Å²) < 4.78 is 0. The third kappa shape index (κ3) is 2.50. The number of imide groups is 1. The highest BCUT2D eigenvalue weighted by Gasteiger charge is 2.56. The summed E-state index contributed by atoms with van der Waals surface area (Å²) in [6.07, 6.45) is -0.972. The number of halogens is 1. The summed E-state index contributed by atoms with van der Waals surface area (Å²) in [6.45, 7) is 1.45. The van der Waals surface area contributed by atoms with Gasteiger partial charge in [-0.25, -0.2) is 4.90 Å². The van der Waals surface area contributed by atoms with Crippen LogP contribution in [-0.4, -0.2) is 29.4 Å². The quantitative estimate of drug-likeness (QED) is 0.616. The molecule has 2 heterocycles. The zero-order chi connectivity index (χ0) is 18.4. The first kappa shape index (κ1) is 16.5. The lowest BCUT2D eigenvalue weighted by molar-refractivity contribution is -0.126. The van der Waals surface area contributed by atoms with Gasteiger partial charge >= 0.3 is 0 Å². The van der Waals surface area contributed by atoms with Gasteiger partial charge in [-0.15, -0.1) is 0 Å². The van der Waals surface area contributed by atoms with Crippen LogP contribution in [0.15, 0.2) is 53.7 Å². The lowest BCUT2D eigenvalue weighted by Gasteiger charge is -2.15. The SMILES string of the molecule is CC(=O)c1ccc(N2C(=O)[C@@H]3C(c4ccc(Cl)cc4)=NO[C@@H]3C2=O)cc1. The van der Waals surface area contributed by atoms with Gasteiger partial charge < -0.3 is 4.84 Å². The smallest absolute Gasteiger partial charge is 0.278 e. The van der Waals surface area contributed by atoms with E-state index in [1.165, 1.54) is 6.92 Å². The number of hydrogen-bond acceptors (Lipinski definition) is 5. The molecule has 0 N–H and O–H groups in total. The molecule has 1 fully saturated rings. The molecule has 2 atom stereocenters. The molecule has 2 aliphatic heterocycles. The van der Waals surface area contributed by atoms with Gasteiger partial charge in [0.25, 0.3) is 5.91 Å². The van der Waals surface area contributed by atoms with Gasteiger partial charge in [-0.3, -0.25) is 14.4 Å². The van der Waals surface area contributed by atoms with Gasteiger partial charge in [-0.1, -0.05) is 28.9 Å². The van der Waals surface area contributed by atoms with Crippen LogP contribution >= 0.6 is 11.6 Å². The van der Waals surface area contributed by atoms with E-state index in [0.29, 0.717) is 27.5 Å². The average molecular weight is 369 g/mol. The van der Waals surface area contributed by atoms with Gasteiger partial charge in [0.1, 0.15) is 11.6 Å². The number of amides is 2. The molecule has 6 nitrogen and oxygen atoms in total. The van der Waals surface area contributed by atoms with Crippen molar-refractivity contribution >= 4 is 40.6 Å². The Morgan fingerprint density at radius 3 is 2.31 bits per heavy atom. The van der Waals surface area contributed by atoms with Crippen molar-refractivity contribution in [3.63, 3.8) is 0 Å². The monoisotopic (exact) mass is 368 g/mol. The van der Waals surface area contributed by atoms with E-state index < -0.39 is 23.8 Å². The van der Waals surface area contributed by atoms with E-state index in [1.54, 1.807) is 48.5 Å². The summed E-state index contributed by atoms with van der Waals surface area (Å²) in [4.78, 5) is 43.3. The van der Waals surface area contributed by atoms with Crippen LogP contribution < -0.4 is 4.90 Å². The molecule has 0 unspecified atom stereocenters. The van der Waals surface area contributed by atoms with Crippen LogP contribution in [0.3, 0.4) is 0 Å². The van der Waals surface area contributed by atoms with Crippen molar-refractivity contribution in [2.45, 2.75) is 13.0 Å². The minimum atomic E-state index is -0.972. The maximum Gasteiger partial charge on any atom is 0.278 e. The van der Waals surface area contributed by atoms with Gasteiger partial charge in [0.05, 0.1) is 5.69 Å². The molecule has 0 bridgehead atoms. The standard InChI is InChI=1S/C19H13ClN2O4/c1-10(23)11-4-8-14(9-5-11)22-18(24)15-16(21-26-17(15)19(22)25)12-2-6-13(20)7-3-12/h2-9,15,17H,1H3/t15-,17+/m1/s1. The van der Waals surface area contributed by atoms with Gasteiger partial charge in [-0.2, -0.15) is 0 Å². The molecule has 2 aromatic rings. The van der Waals surface area contributed by atoms with E-state index in [-0.39, 0.29) is 5.78 Å². The third-order valence-corrected chi connectivity index (χ3v) is 4.74. The Morgan fingerprint density at radius 1 is 1.04 bits per heavy atom. The number of benzene rings is 2. The van der Waals surface area contributed by atoms with Gasteiger partial charge in [0, 0.05) is 16.1 Å². The molecule has 1 saturated heterocycles. The molecule has 2 aliphatic rings. The molecule has 2 amide bonds. The summed E-state index contributed by atoms with van der Waals surface area (Å²) in [5.74, 6) is -1.76. The Kier molecular flexibility index (Phi) is 3.85. The van der Waals surface area contributed by atoms with Gasteiger partial charge in [0.2, 0.25) is 12.0 Å². The van der Waals surface area contributed by atoms with E-state index in [9.17, 15) is 14.4 Å². The lowest BCUT2D eigenvalue weighted by atomic mass is 9.94. The van der Waals surface area contributed by atoms with E-state index in [2.05, 4.69) is 5.16 Å². The molecule has 26 heavy (non-hydrogen) atoms. The molecule has 130 valence electrons. The number of carbonyl (C=O) groups is 3. The fraction of sp³-hybridized carbons (Fsp3) is 0.158.